The van der Waals surface area contributed by atoms with E-state index in [-0.39, 0.29) is 0 Å². The predicted octanol–water partition coefficient (Wildman–Crippen LogP) is 1.60. The molecule has 0 aliphatic heterocycles. The van der Waals surface area contributed by atoms with Crippen LogP contribution in [0.15, 0.2) is 12.4 Å². The second kappa shape index (κ2) is 5.15. The van der Waals surface area contributed by atoms with E-state index in [4.69, 9.17) is 0 Å². The van der Waals surface area contributed by atoms with Gasteiger partial charge in [-0.1, -0.05) is 13.8 Å². The van der Waals surface area contributed by atoms with E-state index in [9.17, 15) is 0 Å². The number of aromatic nitrogens is 2. The summed E-state index contributed by atoms with van der Waals surface area (Å²) in [5.74, 6) is 0.698. The summed E-state index contributed by atoms with van der Waals surface area (Å²) >= 11 is 0. The van der Waals surface area contributed by atoms with Gasteiger partial charge in [0.25, 0.3) is 0 Å². The standard InChI is InChI=1S/C11H21N3/c1-9(2)10(3)12-6-5-11-7-13-14(4)8-11/h7-10,12H,5-6H2,1-4H3. The number of hydrogen-bond donors (Lipinski definition) is 1. The Morgan fingerprint density at radius 2 is 2.14 bits per heavy atom. The largest absolute Gasteiger partial charge is 0.314 e. The quantitative estimate of drug-likeness (QED) is 0.773. The van der Waals surface area contributed by atoms with Crippen molar-refractivity contribution in [1.82, 2.24) is 15.1 Å². The lowest BCUT2D eigenvalue weighted by Gasteiger charge is -2.16. The van der Waals surface area contributed by atoms with E-state index in [0.717, 1.165) is 13.0 Å². The van der Waals surface area contributed by atoms with Crippen LogP contribution in [0.25, 0.3) is 0 Å². The van der Waals surface area contributed by atoms with Gasteiger partial charge in [0.2, 0.25) is 0 Å². The van der Waals surface area contributed by atoms with Gasteiger partial charge < -0.3 is 5.32 Å². The molecular weight excluding hydrogens is 174 g/mol. The monoisotopic (exact) mass is 195 g/mol. The highest BCUT2D eigenvalue weighted by molar-refractivity contribution is 5.03. The van der Waals surface area contributed by atoms with Crippen molar-refractivity contribution in [3.63, 3.8) is 0 Å². The number of aryl methyl sites for hydroxylation is 1. The van der Waals surface area contributed by atoms with E-state index < -0.39 is 0 Å². The van der Waals surface area contributed by atoms with Gasteiger partial charge in [0.15, 0.2) is 0 Å². The van der Waals surface area contributed by atoms with Crippen molar-refractivity contribution in [3.8, 4) is 0 Å². The minimum Gasteiger partial charge on any atom is -0.314 e. The molecule has 14 heavy (non-hydrogen) atoms. The van der Waals surface area contributed by atoms with Gasteiger partial charge in [0.1, 0.15) is 0 Å². The second-order valence-electron chi connectivity index (χ2n) is 4.26. The fourth-order valence-corrected chi connectivity index (χ4v) is 1.28. The van der Waals surface area contributed by atoms with Crippen molar-refractivity contribution in [1.29, 1.82) is 0 Å². The van der Waals surface area contributed by atoms with E-state index in [1.54, 1.807) is 0 Å². The molecule has 1 heterocycles. The highest BCUT2D eigenvalue weighted by Gasteiger charge is 2.05. The molecule has 0 spiro atoms. The van der Waals surface area contributed by atoms with E-state index in [2.05, 4.69) is 37.4 Å². The topological polar surface area (TPSA) is 29.9 Å². The van der Waals surface area contributed by atoms with Crippen LogP contribution in [0.5, 0.6) is 0 Å². The Bertz CT molecular complexity index is 265. The van der Waals surface area contributed by atoms with Gasteiger partial charge in [-0.2, -0.15) is 5.10 Å². The summed E-state index contributed by atoms with van der Waals surface area (Å²) in [6, 6.07) is 0.590. The van der Waals surface area contributed by atoms with Crippen LogP contribution in [0.1, 0.15) is 26.3 Å². The summed E-state index contributed by atoms with van der Waals surface area (Å²) in [5, 5.41) is 7.64. The summed E-state index contributed by atoms with van der Waals surface area (Å²) in [4.78, 5) is 0. The first-order chi connectivity index (χ1) is 6.59. The van der Waals surface area contributed by atoms with Crippen molar-refractivity contribution < 1.29 is 0 Å². The van der Waals surface area contributed by atoms with Crippen LogP contribution in [0.4, 0.5) is 0 Å². The third-order valence-corrected chi connectivity index (χ3v) is 2.64. The number of nitrogens with zero attached hydrogens (tertiary/aromatic N) is 2. The number of rotatable bonds is 5. The molecule has 0 radical (unpaired) electrons. The molecule has 0 aliphatic rings. The fourth-order valence-electron chi connectivity index (χ4n) is 1.28. The molecule has 1 atom stereocenters. The molecule has 0 bridgehead atoms. The highest BCUT2D eigenvalue weighted by atomic mass is 15.2. The zero-order valence-corrected chi connectivity index (χ0v) is 9.62. The van der Waals surface area contributed by atoms with Crippen molar-refractivity contribution >= 4 is 0 Å². The van der Waals surface area contributed by atoms with E-state index in [1.165, 1.54) is 5.56 Å². The predicted molar refractivity (Wildman–Crippen MR) is 59.2 cm³/mol. The van der Waals surface area contributed by atoms with Gasteiger partial charge in [0.05, 0.1) is 6.20 Å². The van der Waals surface area contributed by atoms with Crippen LogP contribution < -0.4 is 5.32 Å². The third kappa shape index (κ3) is 3.50. The Labute approximate surface area is 86.5 Å². The van der Waals surface area contributed by atoms with Gasteiger partial charge in [-0.3, -0.25) is 4.68 Å². The van der Waals surface area contributed by atoms with Crippen molar-refractivity contribution in [2.75, 3.05) is 6.54 Å². The molecular formula is C11H21N3. The molecule has 3 heteroatoms. The molecule has 0 saturated carbocycles. The average molecular weight is 195 g/mol. The number of nitrogens with one attached hydrogen (secondary N) is 1. The molecule has 1 aromatic heterocycles. The van der Waals surface area contributed by atoms with Crippen molar-refractivity contribution in [2.45, 2.75) is 33.2 Å². The molecule has 1 rings (SSSR count). The lowest BCUT2D eigenvalue weighted by atomic mass is 10.1. The fraction of sp³-hybridized carbons (Fsp3) is 0.727. The minimum atomic E-state index is 0.590. The molecule has 0 saturated heterocycles. The van der Waals surface area contributed by atoms with Crippen LogP contribution in [-0.4, -0.2) is 22.4 Å². The Morgan fingerprint density at radius 3 is 2.64 bits per heavy atom. The molecule has 1 N–H and O–H groups in total. The first-order valence-electron chi connectivity index (χ1n) is 5.30. The minimum absolute atomic E-state index is 0.590. The molecule has 1 aromatic rings. The molecule has 3 nitrogen and oxygen atoms in total. The van der Waals surface area contributed by atoms with Crippen LogP contribution in [0, 0.1) is 5.92 Å². The Morgan fingerprint density at radius 1 is 1.43 bits per heavy atom. The molecule has 80 valence electrons. The maximum absolute atomic E-state index is 4.14. The lowest BCUT2D eigenvalue weighted by molar-refractivity contribution is 0.430. The SMILES string of the molecule is CC(C)C(C)NCCc1cnn(C)c1. The summed E-state index contributed by atoms with van der Waals surface area (Å²) in [6.07, 6.45) is 5.06. The molecule has 0 fully saturated rings. The van der Waals surface area contributed by atoms with Crippen LogP contribution in [0.2, 0.25) is 0 Å². The first kappa shape index (κ1) is 11.2. The third-order valence-electron chi connectivity index (χ3n) is 2.64. The summed E-state index contributed by atoms with van der Waals surface area (Å²) in [7, 11) is 1.95. The zero-order chi connectivity index (χ0) is 10.6. The van der Waals surface area contributed by atoms with Gasteiger partial charge >= 0.3 is 0 Å². The van der Waals surface area contributed by atoms with Crippen molar-refractivity contribution in [2.24, 2.45) is 13.0 Å². The summed E-state index contributed by atoms with van der Waals surface area (Å²) in [5.41, 5.74) is 1.30. The maximum Gasteiger partial charge on any atom is 0.0522 e. The van der Waals surface area contributed by atoms with Gasteiger partial charge in [-0.05, 0) is 31.4 Å². The lowest BCUT2D eigenvalue weighted by Crippen LogP contribution is -2.32. The second-order valence-corrected chi connectivity index (χ2v) is 4.26. The van der Waals surface area contributed by atoms with Crippen LogP contribution >= 0.6 is 0 Å². The zero-order valence-electron chi connectivity index (χ0n) is 9.62. The molecule has 0 amide bonds. The summed E-state index contributed by atoms with van der Waals surface area (Å²) in [6.45, 7) is 7.74. The average Bonchev–Trinajstić information content (AvgIpc) is 2.51. The Kier molecular flexibility index (Phi) is 4.14. The van der Waals surface area contributed by atoms with Crippen LogP contribution in [0.3, 0.4) is 0 Å². The Hall–Kier alpha value is -0.830. The van der Waals surface area contributed by atoms with Gasteiger partial charge in [0, 0.05) is 19.3 Å². The molecule has 0 aliphatic carbocycles. The highest BCUT2D eigenvalue weighted by Crippen LogP contribution is 2.01. The summed E-state index contributed by atoms with van der Waals surface area (Å²) < 4.78 is 1.85. The van der Waals surface area contributed by atoms with E-state index in [1.807, 2.05) is 17.9 Å². The van der Waals surface area contributed by atoms with E-state index in [0.29, 0.717) is 12.0 Å². The smallest absolute Gasteiger partial charge is 0.0522 e. The first-order valence-corrected chi connectivity index (χ1v) is 5.30. The molecule has 1 unspecified atom stereocenters. The normalized spacial score (nSPS) is 13.5. The number of hydrogen-bond acceptors (Lipinski definition) is 2. The van der Waals surface area contributed by atoms with E-state index >= 15 is 0 Å². The van der Waals surface area contributed by atoms with Crippen molar-refractivity contribution in [3.05, 3.63) is 18.0 Å². The maximum atomic E-state index is 4.14. The Balaban J connectivity index is 2.22. The molecule has 0 aromatic carbocycles. The van der Waals surface area contributed by atoms with Gasteiger partial charge in [-0.15, -0.1) is 0 Å². The van der Waals surface area contributed by atoms with Crippen LogP contribution in [-0.2, 0) is 13.5 Å². The van der Waals surface area contributed by atoms with Gasteiger partial charge in [-0.25, -0.2) is 0 Å².